The van der Waals surface area contributed by atoms with Crippen LogP contribution in [-0.2, 0) is 9.59 Å². The average molecular weight is 468 g/mol. The molecule has 0 aromatic heterocycles. The molecule has 4 rings (SSSR count). The Morgan fingerprint density at radius 2 is 1.78 bits per heavy atom. The molecule has 6 heteroatoms. The Kier molecular flexibility index (Phi) is 6.24. The van der Waals surface area contributed by atoms with Crippen molar-refractivity contribution in [2.24, 2.45) is 5.41 Å². The quantitative estimate of drug-likeness (QED) is 0.472. The van der Waals surface area contributed by atoms with Crippen LogP contribution in [0, 0.1) is 5.41 Å². The summed E-state index contributed by atoms with van der Waals surface area (Å²) in [6, 6.07) is 19.9. The third kappa shape index (κ3) is 4.64. The molecule has 4 nitrogen and oxygen atoms in total. The number of hydrogen-bond donors (Lipinski definition) is 1. The van der Waals surface area contributed by atoms with E-state index in [-0.39, 0.29) is 23.0 Å². The molecule has 0 aliphatic carbocycles. The Hall–Kier alpha value is -2.50. The van der Waals surface area contributed by atoms with Crippen molar-refractivity contribution in [3.05, 3.63) is 76.8 Å². The van der Waals surface area contributed by atoms with Crippen LogP contribution in [0.25, 0.3) is 10.8 Å². The molecule has 0 radical (unpaired) electrons. The lowest BCUT2D eigenvalue weighted by Gasteiger charge is -2.31. The van der Waals surface area contributed by atoms with Crippen LogP contribution in [0.15, 0.2) is 60.7 Å². The summed E-state index contributed by atoms with van der Waals surface area (Å²) in [6.07, 6.45) is -0.229. The fourth-order valence-corrected chi connectivity index (χ4v) is 5.90. The molecule has 0 spiro atoms. The van der Waals surface area contributed by atoms with Crippen molar-refractivity contribution in [1.82, 2.24) is 0 Å². The van der Waals surface area contributed by atoms with E-state index in [9.17, 15) is 14.7 Å². The van der Waals surface area contributed by atoms with Crippen LogP contribution in [0.2, 0.25) is 5.02 Å². The lowest BCUT2D eigenvalue weighted by molar-refractivity contribution is -0.138. The lowest BCUT2D eigenvalue weighted by Crippen LogP contribution is -2.42. The standard InChI is InChI=1S/C26H26ClNO3S/c1-26(2,3)15-28-21-12-11-17(27)13-20(21)24(32-22(25(28)31)14-23(29)30)19-10-6-8-16-7-4-5-9-18(16)19/h4-13,22,24H,14-15H2,1-3H3,(H,29,30)/t22-,24-/m1/s1. The Balaban J connectivity index is 1.96. The number of amides is 1. The average Bonchev–Trinajstić information content (AvgIpc) is 2.82. The number of anilines is 1. The summed E-state index contributed by atoms with van der Waals surface area (Å²) < 4.78 is 0. The third-order valence-electron chi connectivity index (χ3n) is 5.50. The zero-order valence-corrected chi connectivity index (χ0v) is 19.9. The van der Waals surface area contributed by atoms with Gasteiger partial charge >= 0.3 is 5.97 Å². The minimum atomic E-state index is -0.979. The monoisotopic (exact) mass is 467 g/mol. The van der Waals surface area contributed by atoms with E-state index in [1.54, 1.807) is 11.0 Å². The van der Waals surface area contributed by atoms with Gasteiger partial charge in [0.2, 0.25) is 5.91 Å². The molecule has 0 saturated heterocycles. The Morgan fingerprint density at radius 3 is 2.50 bits per heavy atom. The number of carboxylic acid groups (broad SMARTS) is 1. The van der Waals surface area contributed by atoms with Crippen molar-refractivity contribution in [1.29, 1.82) is 0 Å². The summed E-state index contributed by atoms with van der Waals surface area (Å²) in [6.45, 7) is 6.70. The number of carboxylic acids is 1. The first-order valence-corrected chi connectivity index (χ1v) is 11.9. The first-order valence-electron chi connectivity index (χ1n) is 10.6. The maximum Gasteiger partial charge on any atom is 0.305 e. The molecule has 1 N–H and O–H groups in total. The third-order valence-corrected chi connectivity index (χ3v) is 7.21. The topological polar surface area (TPSA) is 57.6 Å². The molecule has 1 aliphatic rings. The number of hydrogen-bond acceptors (Lipinski definition) is 3. The maximum absolute atomic E-state index is 13.7. The molecule has 0 bridgehead atoms. The highest BCUT2D eigenvalue weighted by molar-refractivity contribution is 8.01. The van der Waals surface area contributed by atoms with Gasteiger partial charge in [-0.15, -0.1) is 11.8 Å². The zero-order chi connectivity index (χ0) is 23.0. The highest BCUT2D eigenvalue weighted by Crippen LogP contribution is 2.49. The van der Waals surface area contributed by atoms with E-state index >= 15 is 0 Å². The second-order valence-corrected chi connectivity index (χ2v) is 11.1. The van der Waals surface area contributed by atoms with E-state index in [1.807, 2.05) is 30.3 Å². The van der Waals surface area contributed by atoms with Crippen molar-refractivity contribution in [2.45, 2.75) is 37.7 Å². The van der Waals surface area contributed by atoms with Crippen LogP contribution >= 0.6 is 23.4 Å². The molecule has 3 aromatic carbocycles. The molecule has 0 fully saturated rings. The molecule has 1 amide bonds. The smallest absolute Gasteiger partial charge is 0.305 e. The zero-order valence-electron chi connectivity index (χ0n) is 18.3. The number of aliphatic carboxylic acids is 1. The van der Waals surface area contributed by atoms with Gasteiger partial charge in [0, 0.05) is 17.3 Å². The molecule has 0 saturated carbocycles. The molecule has 3 aromatic rings. The minimum Gasteiger partial charge on any atom is -0.481 e. The second kappa shape index (κ2) is 8.80. The molecule has 2 atom stereocenters. The molecular weight excluding hydrogens is 442 g/mol. The van der Waals surface area contributed by atoms with E-state index < -0.39 is 11.2 Å². The summed E-state index contributed by atoms with van der Waals surface area (Å²) in [5.74, 6) is -1.15. The second-order valence-electron chi connectivity index (χ2n) is 9.36. The summed E-state index contributed by atoms with van der Waals surface area (Å²) >= 11 is 7.84. The van der Waals surface area contributed by atoms with Gasteiger partial charge in [0.25, 0.3) is 0 Å². The number of nitrogens with zero attached hydrogens (tertiary/aromatic N) is 1. The van der Waals surface area contributed by atoms with E-state index in [1.165, 1.54) is 11.8 Å². The molecule has 0 unspecified atom stereocenters. The normalized spacial score (nSPS) is 19.0. The Morgan fingerprint density at radius 1 is 1.06 bits per heavy atom. The first kappa shape index (κ1) is 22.7. The predicted octanol–water partition coefficient (Wildman–Crippen LogP) is 6.55. The number of rotatable bonds is 4. The van der Waals surface area contributed by atoms with Crippen LogP contribution in [0.4, 0.5) is 5.69 Å². The van der Waals surface area contributed by atoms with Crippen molar-refractivity contribution in [3.8, 4) is 0 Å². The van der Waals surface area contributed by atoms with E-state index in [2.05, 4.69) is 45.0 Å². The number of carbonyl (C=O) groups is 2. The summed E-state index contributed by atoms with van der Waals surface area (Å²) in [5.41, 5.74) is 2.62. The fraction of sp³-hybridized carbons (Fsp3) is 0.308. The lowest BCUT2D eigenvalue weighted by atomic mass is 9.93. The van der Waals surface area contributed by atoms with Gasteiger partial charge in [-0.05, 0) is 45.5 Å². The highest BCUT2D eigenvalue weighted by atomic mass is 35.5. The SMILES string of the molecule is CC(C)(C)CN1C(=O)[C@@H](CC(=O)O)S[C@H](c2cccc3ccccc23)c2cc(Cl)ccc21. The number of halogens is 1. The van der Waals surface area contributed by atoms with Crippen LogP contribution in [0.3, 0.4) is 0 Å². The van der Waals surface area contributed by atoms with Crippen molar-refractivity contribution in [3.63, 3.8) is 0 Å². The molecule has 166 valence electrons. The van der Waals surface area contributed by atoms with Crippen LogP contribution in [-0.4, -0.2) is 28.8 Å². The van der Waals surface area contributed by atoms with Gasteiger partial charge in [-0.3, -0.25) is 9.59 Å². The van der Waals surface area contributed by atoms with Gasteiger partial charge in [0.15, 0.2) is 0 Å². The number of thioether (sulfide) groups is 1. The Labute approximate surface area is 197 Å². The van der Waals surface area contributed by atoms with Gasteiger partial charge in [-0.1, -0.05) is 74.8 Å². The summed E-state index contributed by atoms with van der Waals surface area (Å²) in [4.78, 5) is 27.1. The highest BCUT2D eigenvalue weighted by Gasteiger charge is 2.39. The number of carbonyl (C=O) groups excluding carboxylic acids is 1. The first-order chi connectivity index (χ1) is 15.1. The van der Waals surface area contributed by atoms with Gasteiger partial charge in [-0.25, -0.2) is 0 Å². The van der Waals surface area contributed by atoms with Crippen LogP contribution in [0.5, 0.6) is 0 Å². The van der Waals surface area contributed by atoms with Gasteiger partial charge in [0.05, 0.1) is 16.9 Å². The van der Waals surface area contributed by atoms with Crippen molar-refractivity contribution < 1.29 is 14.7 Å². The van der Waals surface area contributed by atoms with Crippen molar-refractivity contribution >= 4 is 51.7 Å². The van der Waals surface area contributed by atoms with E-state index in [0.717, 1.165) is 27.6 Å². The predicted molar refractivity (Wildman–Crippen MR) is 133 cm³/mol. The van der Waals surface area contributed by atoms with E-state index in [0.29, 0.717) is 11.6 Å². The van der Waals surface area contributed by atoms with Gasteiger partial charge < -0.3 is 10.0 Å². The molecule has 1 heterocycles. The fourth-order valence-electron chi connectivity index (χ4n) is 4.22. The largest absolute Gasteiger partial charge is 0.481 e. The van der Waals surface area contributed by atoms with Gasteiger partial charge in [0.1, 0.15) is 0 Å². The Bertz CT molecular complexity index is 1180. The maximum atomic E-state index is 13.7. The number of benzene rings is 3. The van der Waals surface area contributed by atoms with Crippen molar-refractivity contribution in [2.75, 3.05) is 11.4 Å². The van der Waals surface area contributed by atoms with Crippen LogP contribution < -0.4 is 4.90 Å². The van der Waals surface area contributed by atoms with Crippen LogP contribution in [0.1, 0.15) is 43.6 Å². The minimum absolute atomic E-state index is 0.162. The van der Waals surface area contributed by atoms with E-state index in [4.69, 9.17) is 11.6 Å². The summed E-state index contributed by atoms with van der Waals surface area (Å²) in [7, 11) is 0. The molecule has 32 heavy (non-hydrogen) atoms. The molecule has 1 aliphatic heterocycles. The summed E-state index contributed by atoms with van der Waals surface area (Å²) in [5, 5.41) is 11.4. The number of fused-ring (bicyclic) bond motifs is 2. The van der Waals surface area contributed by atoms with Gasteiger partial charge in [-0.2, -0.15) is 0 Å². The molecular formula is C26H26ClNO3S.